The Bertz CT molecular complexity index is 951. The van der Waals surface area contributed by atoms with Crippen molar-refractivity contribution in [3.05, 3.63) is 90.1 Å². The zero-order valence-electron chi connectivity index (χ0n) is 11.4. The molecule has 0 unspecified atom stereocenters. The number of hydrogen-bond acceptors (Lipinski definition) is 1. The largest absolute Gasteiger partial charge is 0.317 e. The van der Waals surface area contributed by atoms with Gasteiger partial charge in [-0.05, 0) is 24.3 Å². The quantitative estimate of drug-likeness (QED) is 0.497. The highest BCUT2D eigenvalue weighted by molar-refractivity contribution is 6.16. The first kappa shape index (κ1) is 11.9. The number of ketones is 1. The van der Waals surface area contributed by atoms with E-state index in [0.29, 0.717) is 0 Å². The average Bonchev–Trinajstić information content (AvgIpc) is 3.03. The molecule has 0 spiro atoms. The molecule has 100 valence electrons. The fourth-order valence-electron chi connectivity index (χ4n) is 2.80. The van der Waals surface area contributed by atoms with Gasteiger partial charge in [-0.15, -0.1) is 0 Å². The summed E-state index contributed by atoms with van der Waals surface area (Å²) in [6.07, 6.45) is 2.02. The molecule has 2 heterocycles. The molecule has 0 N–H and O–H groups in total. The van der Waals surface area contributed by atoms with Crippen LogP contribution in [0, 0.1) is 0 Å². The van der Waals surface area contributed by atoms with Gasteiger partial charge < -0.3 is 4.40 Å². The standard InChI is InChI=1S/C19H13NO/c21-19(14-7-2-1-3-8-14)17-13-15-9-6-12-20(15)18-11-5-4-10-16(17)18/h1-13H. The number of nitrogens with zero attached hydrogens (tertiary/aromatic N) is 1. The van der Waals surface area contributed by atoms with Gasteiger partial charge in [0.1, 0.15) is 0 Å². The van der Waals surface area contributed by atoms with E-state index in [9.17, 15) is 4.79 Å². The molecule has 0 saturated heterocycles. The van der Waals surface area contributed by atoms with Crippen LogP contribution >= 0.6 is 0 Å². The van der Waals surface area contributed by atoms with E-state index < -0.39 is 0 Å². The normalized spacial score (nSPS) is 11.0. The Labute approximate surface area is 122 Å². The van der Waals surface area contributed by atoms with Crippen molar-refractivity contribution in [3.8, 4) is 0 Å². The maximum atomic E-state index is 12.8. The molecule has 0 amide bonds. The van der Waals surface area contributed by atoms with E-state index in [1.54, 1.807) is 0 Å². The molecule has 4 aromatic rings. The minimum atomic E-state index is 0.0653. The maximum absolute atomic E-state index is 12.8. The summed E-state index contributed by atoms with van der Waals surface area (Å²) >= 11 is 0. The lowest BCUT2D eigenvalue weighted by Crippen LogP contribution is -2.03. The van der Waals surface area contributed by atoms with E-state index in [0.717, 1.165) is 27.5 Å². The monoisotopic (exact) mass is 271 g/mol. The molecule has 2 aromatic carbocycles. The first-order valence-electron chi connectivity index (χ1n) is 6.93. The first-order valence-corrected chi connectivity index (χ1v) is 6.93. The van der Waals surface area contributed by atoms with E-state index in [1.807, 2.05) is 79.0 Å². The Morgan fingerprint density at radius 2 is 1.57 bits per heavy atom. The summed E-state index contributed by atoms with van der Waals surface area (Å²) in [6, 6.07) is 23.4. The smallest absolute Gasteiger partial charge is 0.193 e. The Morgan fingerprint density at radius 3 is 2.43 bits per heavy atom. The highest BCUT2D eigenvalue weighted by atomic mass is 16.1. The van der Waals surface area contributed by atoms with E-state index in [-0.39, 0.29) is 5.78 Å². The molecule has 0 saturated carbocycles. The van der Waals surface area contributed by atoms with Crippen LogP contribution < -0.4 is 0 Å². The first-order chi connectivity index (χ1) is 10.3. The summed E-state index contributed by atoms with van der Waals surface area (Å²) in [5, 5.41) is 0.982. The molecule has 2 nitrogen and oxygen atoms in total. The van der Waals surface area contributed by atoms with Gasteiger partial charge >= 0.3 is 0 Å². The molecule has 0 aliphatic heterocycles. The van der Waals surface area contributed by atoms with Crippen molar-refractivity contribution in [3.63, 3.8) is 0 Å². The van der Waals surface area contributed by atoms with Gasteiger partial charge in [-0.1, -0.05) is 48.5 Å². The molecule has 0 bridgehead atoms. The van der Waals surface area contributed by atoms with Crippen LogP contribution in [0.5, 0.6) is 0 Å². The van der Waals surface area contributed by atoms with Crippen LogP contribution in [0.2, 0.25) is 0 Å². The lowest BCUT2D eigenvalue weighted by molar-refractivity contribution is 0.104. The number of aromatic nitrogens is 1. The molecule has 4 rings (SSSR count). The summed E-state index contributed by atoms with van der Waals surface area (Å²) < 4.78 is 2.11. The lowest BCUT2D eigenvalue weighted by atomic mass is 9.99. The van der Waals surface area contributed by atoms with Crippen molar-refractivity contribution >= 4 is 22.2 Å². The summed E-state index contributed by atoms with van der Waals surface area (Å²) in [5.74, 6) is 0.0653. The van der Waals surface area contributed by atoms with E-state index in [2.05, 4.69) is 4.40 Å². The average molecular weight is 271 g/mol. The molecular weight excluding hydrogens is 258 g/mol. The van der Waals surface area contributed by atoms with Crippen LogP contribution in [0.1, 0.15) is 15.9 Å². The molecule has 2 aromatic heterocycles. The second-order valence-corrected chi connectivity index (χ2v) is 5.07. The number of fused-ring (bicyclic) bond motifs is 3. The predicted molar refractivity (Wildman–Crippen MR) is 84.8 cm³/mol. The molecule has 0 atom stereocenters. The van der Waals surface area contributed by atoms with Crippen LogP contribution in [0.15, 0.2) is 79.0 Å². The van der Waals surface area contributed by atoms with Crippen LogP contribution in [0.3, 0.4) is 0 Å². The molecule has 0 aliphatic carbocycles. The fraction of sp³-hybridized carbons (Fsp3) is 0. The van der Waals surface area contributed by atoms with Gasteiger partial charge in [-0.25, -0.2) is 0 Å². The van der Waals surface area contributed by atoms with Crippen LogP contribution in [-0.2, 0) is 0 Å². The summed E-state index contributed by atoms with van der Waals surface area (Å²) in [7, 11) is 0. The molecular formula is C19H13NO. The zero-order valence-corrected chi connectivity index (χ0v) is 11.4. The van der Waals surface area contributed by atoms with Gasteiger partial charge in [-0.3, -0.25) is 4.79 Å². The number of pyridine rings is 1. The number of carbonyl (C=O) groups is 1. The Balaban J connectivity index is 2.05. The van der Waals surface area contributed by atoms with E-state index in [4.69, 9.17) is 0 Å². The third-order valence-corrected chi connectivity index (χ3v) is 3.81. The fourth-order valence-corrected chi connectivity index (χ4v) is 2.80. The minimum absolute atomic E-state index is 0.0653. The van der Waals surface area contributed by atoms with Crippen molar-refractivity contribution in [1.82, 2.24) is 4.40 Å². The van der Waals surface area contributed by atoms with Gasteiger partial charge in [-0.2, -0.15) is 0 Å². The second kappa shape index (κ2) is 4.60. The Morgan fingerprint density at radius 1 is 0.810 bits per heavy atom. The third-order valence-electron chi connectivity index (χ3n) is 3.81. The van der Waals surface area contributed by atoms with E-state index in [1.165, 1.54) is 0 Å². The third kappa shape index (κ3) is 1.84. The molecule has 0 aliphatic rings. The number of hydrogen-bond donors (Lipinski definition) is 0. The van der Waals surface area contributed by atoms with Gasteiger partial charge in [0.25, 0.3) is 0 Å². The van der Waals surface area contributed by atoms with Gasteiger partial charge in [0, 0.05) is 28.2 Å². The van der Waals surface area contributed by atoms with Crippen molar-refractivity contribution < 1.29 is 4.79 Å². The molecule has 2 heteroatoms. The number of benzene rings is 2. The highest BCUT2D eigenvalue weighted by Crippen LogP contribution is 2.24. The number of para-hydroxylation sites is 1. The van der Waals surface area contributed by atoms with Crippen LogP contribution in [0.25, 0.3) is 16.4 Å². The molecule has 0 fully saturated rings. The number of carbonyl (C=O) groups excluding carboxylic acids is 1. The van der Waals surface area contributed by atoms with Crippen LogP contribution in [-0.4, -0.2) is 10.2 Å². The predicted octanol–water partition coefficient (Wildman–Crippen LogP) is 4.32. The van der Waals surface area contributed by atoms with Gasteiger partial charge in [0.05, 0.1) is 5.52 Å². The summed E-state index contributed by atoms with van der Waals surface area (Å²) in [4.78, 5) is 12.8. The van der Waals surface area contributed by atoms with Crippen molar-refractivity contribution in [1.29, 1.82) is 0 Å². The minimum Gasteiger partial charge on any atom is -0.317 e. The Hall–Kier alpha value is -2.87. The maximum Gasteiger partial charge on any atom is 0.193 e. The zero-order chi connectivity index (χ0) is 14.2. The Kier molecular flexibility index (Phi) is 2.61. The van der Waals surface area contributed by atoms with Crippen molar-refractivity contribution in [2.75, 3.05) is 0 Å². The lowest BCUT2D eigenvalue weighted by Gasteiger charge is -2.09. The van der Waals surface area contributed by atoms with E-state index >= 15 is 0 Å². The summed E-state index contributed by atoms with van der Waals surface area (Å²) in [6.45, 7) is 0. The second-order valence-electron chi connectivity index (χ2n) is 5.07. The van der Waals surface area contributed by atoms with Gasteiger partial charge in [0.2, 0.25) is 0 Å². The van der Waals surface area contributed by atoms with Gasteiger partial charge in [0.15, 0.2) is 5.78 Å². The summed E-state index contributed by atoms with van der Waals surface area (Å²) in [5.41, 5.74) is 3.56. The number of rotatable bonds is 2. The van der Waals surface area contributed by atoms with Crippen molar-refractivity contribution in [2.45, 2.75) is 0 Å². The van der Waals surface area contributed by atoms with Crippen LogP contribution in [0.4, 0.5) is 0 Å². The van der Waals surface area contributed by atoms with Crippen molar-refractivity contribution in [2.24, 2.45) is 0 Å². The molecule has 0 radical (unpaired) electrons. The molecule has 21 heavy (non-hydrogen) atoms. The highest BCUT2D eigenvalue weighted by Gasteiger charge is 2.14. The topological polar surface area (TPSA) is 21.5 Å². The SMILES string of the molecule is O=C(c1ccccc1)c1cc2cccn2c2ccccc12.